The monoisotopic (exact) mass is 404 g/mol. The van der Waals surface area contributed by atoms with Crippen LogP contribution in [0, 0.1) is 23.1 Å². The summed E-state index contributed by atoms with van der Waals surface area (Å²) < 4.78 is 18.7. The smallest absolute Gasteiger partial charge is 0.356 e. The molecular weight excluding hydrogens is 383 g/mol. The highest BCUT2D eigenvalue weighted by molar-refractivity contribution is 6.24. The van der Waals surface area contributed by atoms with E-state index in [0.717, 1.165) is 32.1 Å². The van der Waals surface area contributed by atoms with Gasteiger partial charge in [-0.05, 0) is 68.6 Å². The molecule has 1 aromatic heterocycles. The molecular formula is C21H22ClFN2O3. The summed E-state index contributed by atoms with van der Waals surface area (Å²) in [5.74, 6) is -0.212. The number of methoxy groups -OCH3 is 1. The first-order valence-corrected chi connectivity index (χ1v) is 10.1. The molecule has 4 aliphatic carbocycles. The Hall–Kier alpha value is -2.08. The van der Waals surface area contributed by atoms with Gasteiger partial charge in [0.1, 0.15) is 11.5 Å². The second-order valence-electron chi connectivity index (χ2n) is 8.90. The summed E-state index contributed by atoms with van der Waals surface area (Å²) in [7, 11) is 1.27. The molecule has 28 heavy (non-hydrogen) atoms. The van der Waals surface area contributed by atoms with Crippen molar-refractivity contribution < 1.29 is 18.7 Å². The fraction of sp³-hybridized carbons (Fsp3) is 0.524. The minimum Gasteiger partial charge on any atom is -0.464 e. The second kappa shape index (κ2) is 5.96. The molecule has 0 spiro atoms. The van der Waals surface area contributed by atoms with Crippen molar-refractivity contribution in [2.75, 3.05) is 12.4 Å². The Labute approximate surface area is 167 Å². The number of nitrogens with one attached hydrogen (secondary N) is 2. The molecule has 6 rings (SSSR count). The van der Waals surface area contributed by atoms with Crippen molar-refractivity contribution in [3.63, 3.8) is 0 Å². The van der Waals surface area contributed by atoms with E-state index in [1.54, 1.807) is 6.07 Å². The zero-order valence-electron chi connectivity index (χ0n) is 15.6. The normalized spacial score (nSPS) is 33.2. The van der Waals surface area contributed by atoms with E-state index in [4.69, 9.17) is 16.3 Å². The predicted octanol–water partition coefficient (Wildman–Crippen LogP) is 4.61. The van der Waals surface area contributed by atoms with E-state index in [2.05, 4.69) is 10.3 Å². The SMILES string of the molecule is COC(=O)c1[nH]c2ccc(F)cc2c1NC(=O)C12C[C@@H]3C[C@H](CC(Cl)(C3)C1)C2. The molecule has 4 bridgehead atoms. The lowest BCUT2D eigenvalue weighted by Crippen LogP contribution is -2.57. The third-order valence-corrected chi connectivity index (χ3v) is 7.30. The summed E-state index contributed by atoms with van der Waals surface area (Å²) in [4.78, 5) is 28.4. The van der Waals surface area contributed by atoms with Crippen molar-refractivity contribution in [2.45, 2.75) is 43.4 Å². The lowest BCUT2D eigenvalue weighted by Gasteiger charge is -2.59. The van der Waals surface area contributed by atoms with Gasteiger partial charge in [-0.15, -0.1) is 11.6 Å². The van der Waals surface area contributed by atoms with Crippen LogP contribution in [0.3, 0.4) is 0 Å². The van der Waals surface area contributed by atoms with Crippen LogP contribution in [0.25, 0.3) is 10.9 Å². The third kappa shape index (κ3) is 2.65. The molecule has 1 heterocycles. The van der Waals surface area contributed by atoms with Gasteiger partial charge in [-0.25, -0.2) is 9.18 Å². The molecule has 2 N–H and O–H groups in total. The Morgan fingerprint density at radius 3 is 2.61 bits per heavy atom. The van der Waals surface area contributed by atoms with E-state index in [-0.39, 0.29) is 22.2 Å². The molecule has 0 saturated heterocycles. The van der Waals surface area contributed by atoms with Gasteiger partial charge >= 0.3 is 5.97 Å². The molecule has 0 aliphatic heterocycles. The zero-order chi connectivity index (χ0) is 19.7. The zero-order valence-corrected chi connectivity index (χ0v) is 16.4. The summed E-state index contributed by atoms with van der Waals surface area (Å²) >= 11 is 6.86. The molecule has 4 saturated carbocycles. The number of anilines is 1. The number of hydrogen-bond acceptors (Lipinski definition) is 3. The molecule has 2 atom stereocenters. The van der Waals surface area contributed by atoms with Crippen molar-refractivity contribution in [3.05, 3.63) is 29.7 Å². The summed E-state index contributed by atoms with van der Waals surface area (Å²) in [6.07, 6.45) is 5.42. The lowest BCUT2D eigenvalue weighted by molar-refractivity contribution is -0.138. The molecule has 1 amide bonds. The fourth-order valence-electron chi connectivity index (χ4n) is 6.21. The van der Waals surface area contributed by atoms with E-state index >= 15 is 0 Å². The largest absolute Gasteiger partial charge is 0.464 e. The fourth-order valence-corrected chi connectivity index (χ4v) is 6.90. The summed E-state index contributed by atoms with van der Waals surface area (Å²) in [6.45, 7) is 0. The van der Waals surface area contributed by atoms with Crippen LogP contribution in [-0.4, -0.2) is 28.8 Å². The number of amides is 1. The Morgan fingerprint density at radius 2 is 1.96 bits per heavy atom. The number of fused-ring (bicyclic) bond motifs is 1. The third-order valence-electron chi connectivity index (χ3n) is 6.86. The standard InChI is InChI=1S/C21H22ClFN2O3/c1-28-18(26)17-16(14-5-13(23)2-3-15(14)24-17)25-19(27)20-6-11-4-12(7-20)9-21(22,8-11)10-20/h2-3,5,11-12,24H,4,6-10H2,1H3,(H,25,27)/t11-,12-,20?,21?/m0/s1. The molecule has 5 nitrogen and oxygen atoms in total. The van der Waals surface area contributed by atoms with Gasteiger partial charge in [0.15, 0.2) is 0 Å². The Kier molecular flexibility index (Phi) is 3.83. The first kappa shape index (κ1) is 18.0. The van der Waals surface area contributed by atoms with E-state index in [1.807, 2.05) is 0 Å². The maximum atomic E-state index is 13.9. The van der Waals surface area contributed by atoms with E-state index in [9.17, 15) is 14.0 Å². The maximum Gasteiger partial charge on any atom is 0.356 e. The van der Waals surface area contributed by atoms with Crippen LogP contribution in [0.4, 0.5) is 10.1 Å². The Balaban J connectivity index is 1.54. The number of ether oxygens (including phenoxy) is 1. The number of carbonyl (C=O) groups excluding carboxylic acids is 2. The van der Waals surface area contributed by atoms with Crippen molar-refractivity contribution in [1.82, 2.24) is 4.98 Å². The van der Waals surface area contributed by atoms with Gasteiger partial charge in [0, 0.05) is 15.8 Å². The highest BCUT2D eigenvalue weighted by Crippen LogP contribution is 2.64. The number of benzene rings is 1. The van der Waals surface area contributed by atoms with Crippen molar-refractivity contribution >= 4 is 40.1 Å². The van der Waals surface area contributed by atoms with Gasteiger partial charge in [0.2, 0.25) is 5.91 Å². The van der Waals surface area contributed by atoms with E-state index < -0.39 is 17.2 Å². The molecule has 0 unspecified atom stereocenters. The number of aromatic nitrogens is 1. The number of esters is 1. The van der Waals surface area contributed by atoms with Crippen molar-refractivity contribution in [2.24, 2.45) is 17.3 Å². The molecule has 148 valence electrons. The highest BCUT2D eigenvalue weighted by Gasteiger charge is 2.60. The van der Waals surface area contributed by atoms with Gasteiger partial charge in [-0.3, -0.25) is 4.79 Å². The number of alkyl halides is 1. The van der Waals surface area contributed by atoms with Crippen LogP contribution >= 0.6 is 11.6 Å². The number of halogens is 2. The van der Waals surface area contributed by atoms with Gasteiger partial charge in [-0.1, -0.05) is 0 Å². The van der Waals surface area contributed by atoms with E-state index in [0.29, 0.717) is 29.2 Å². The molecule has 2 aromatic rings. The van der Waals surface area contributed by atoms with Crippen LogP contribution in [-0.2, 0) is 9.53 Å². The van der Waals surface area contributed by atoms with Crippen LogP contribution < -0.4 is 5.32 Å². The summed E-state index contributed by atoms with van der Waals surface area (Å²) in [5.41, 5.74) is 0.458. The van der Waals surface area contributed by atoms with Crippen LogP contribution in [0.15, 0.2) is 18.2 Å². The number of hydrogen-bond donors (Lipinski definition) is 2. The molecule has 7 heteroatoms. The van der Waals surface area contributed by atoms with Gasteiger partial charge in [0.25, 0.3) is 0 Å². The molecule has 4 aliphatic rings. The quantitative estimate of drug-likeness (QED) is 0.579. The summed E-state index contributed by atoms with van der Waals surface area (Å²) in [6, 6.07) is 4.17. The van der Waals surface area contributed by atoms with E-state index in [1.165, 1.54) is 19.2 Å². The maximum absolute atomic E-state index is 13.9. The van der Waals surface area contributed by atoms with Crippen LogP contribution in [0.5, 0.6) is 0 Å². The minimum atomic E-state index is -0.605. The number of H-pyrrole nitrogens is 1. The topological polar surface area (TPSA) is 71.2 Å². The van der Waals surface area contributed by atoms with Crippen molar-refractivity contribution in [1.29, 1.82) is 0 Å². The highest BCUT2D eigenvalue weighted by atomic mass is 35.5. The Bertz CT molecular complexity index is 987. The first-order valence-electron chi connectivity index (χ1n) is 9.71. The molecule has 1 aromatic carbocycles. The second-order valence-corrected chi connectivity index (χ2v) is 9.70. The van der Waals surface area contributed by atoms with Gasteiger partial charge < -0.3 is 15.0 Å². The minimum absolute atomic E-state index is 0.123. The molecule has 4 fully saturated rings. The average molecular weight is 405 g/mol. The van der Waals surface area contributed by atoms with Crippen LogP contribution in [0.1, 0.15) is 49.0 Å². The first-order chi connectivity index (χ1) is 13.3. The average Bonchev–Trinajstić information content (AvgIpc) is 2.97. The predicted molar refractivity (Wildman–Crippen MR) is 104 cm³/mol. The Morgan fingerprint density at radius 1 is 1.25 bits per heavy atom. The number of aromatic amines is 1. The van der Waals surface area contributed by atoms with Crippen molar-refractivity contribution in [3.8, 4) is 0 Å². The summed E-state index contributed by atoms with van der Waals surface area (Å²) in [5, 5.41) is 3.41. The van der Waals surface area contributed by atoms with Gasteiger partial charge in [-0.2, -0.15) is 0 Å². The molecule has 0 radical (unpaired) electrons. The van der Waals surface area contributed by atoms with Crippen LogP contribution in [0.2, 0.25) is 0 Å². The van der Waals surface area contributed by atoms with Gasteiger partial charge in [0.05, 0.1) is 18.2 Å². The number of rotatable bonds is 3. The lowest BCUT2D eigenvalue weighted by atomic mass is 9.49. The number of carbonyl (C=O) groups is 2.